The molecule has 0 aliphatic carbocycles. The largest absolute Gasteiger partial charge is 0.493 e. The van der Waals surface area contributed by atoms with E-state index in [-0.39, 0.29) is 6.04 Å². The van der Waals surface area contributed by atoms with Crippen molar-refractivity contribution in [2.24, 2.45) is 0 Å². The molecule has 0 spiro atoms. The maximum absolute atomic E-state index is 12.5. The topological polar surface area (TPSA) is 59.0 Å². The molecule has 4 rings (SSSR count). The number of benzene rings is 3. The fourth-order valence-electron chi connectivity index (χ4n) is 4.93. The van der Waals surface area contributed by atoms with Gasteiger partial charge < -0.3 is 14.6 Å². The van der Waals surface area contributed by atoms with Crippen molar-refractivity contribution in [1.82, 2.24) is 4.90 Å². The van der Waals surface area contributed by atoms with Gasteiger partial charge >= 0.3 is 5.97 Å². The second-order valence-electron chi connectivity index (χ2n) is 8.44. The summed E-state index contributed by atoms with van der Waals surface area (Å²) in [5.74, 6) is 0.571. The van der Waals surface area contributed by atoms with Crippen molar-refractivity contribution in [2.45, 2.75) is 37.8 Å². The fourth-order valence-corrected chi connectivity index (χ4v) is 4.93. The molecular formula is C28H31NO4. The number of rotatable bonds is 9. The SMILES string of the molecule is COc1cc2c(cc1OC)C(CCCc1ccccc1)N(C(C(=O)O)c1ccccc1)CC2. The van der Waals surface area contributed by atoms with Crippen LogP contribution in [0.15, 0.2) is 72.8 Å². The first kappa shape index (κ1) is 22.9. The number of fused-ring (bicyclic) bond motifs is 1. The van der Waals surface area contributed by atoms with E-state index < -0.39 is 12.0 Å². The molecule has 1 N–H and O–H groups in total. The molecule has 0 saturated carbocycles. The van der Waals surface area contributed by atoms with Gasteiger partial charge in [-0.2, -0.15) is 0 Å². The number of hydrogen-bond donors (Lipinski definition) is 1. The summed E-state index contributed by atoms with van der Waals surface area (Å²) in [7, 11) is 3.28. The maximum Gasteiger partial charge on any atom is 0.325 e. The first-order valence-electron chi connectivity index (χ1n) is 11.4. The number of aliphatic carboxylic acids is 1. The Morgan fingerprint density at radius 3 is 2.27 bits per heavy atom. The van der Waals surface area contributed by atoms with Crippen LogP contribution in [0.25, 0.3) is 0 Å². The van der Waals surface area contributed by atoms with E-state index in [4.69, 9.17) is 9.47 Å². The number of methoxy groups -OCH3 is 2. The minimum atomic E-state index is -0.821. The monoisotopic (exact) mass is 445 g/mol. The summed E-state index contributed by atoms with van der Waals surface area (Å²) in [5, 5.41) is 10.2. The molecule has 172 valence electrons. The molecule has 3 aromatic rings. The lowest BCUT2D eigenvalue weighted by molar-refractivity contribution is -0.145. The molecule has 0 bridgehead atoms. The van der Waals surface area contributed by atoms with Crippen molar-refractivity contribution in [2.75, 3.05) is 20.8 Å². The summed E-state index contributed by atoms with van der Waals surface area (Å²) >= 11 is 0. The van der Waals surface area contributed by atoms with Crippen molar-refractivity contribution in [3.05, 3.63) is 95.1 Å². The minimum absolute atomic E-state index is 0.0291. The fraction of sp³-hybridized carbons (Fsp3) is 0.321. The minimum Gasteiger partial charge on any atom is -0.493 e. The lowest BCUT2D eigenvalue weighted by Gasteiger charge is -2.41. The molecule has 1 heterocycles. The van der Waals surface area contributed by atoms with Crippen LogP contribution in [0.5, 0.6) is 11.5 Å². The number of carboxylic acid groups (broad SMARTS) is 1. The van der Waals surface area contributed by atoms with Crippen LogP contribution in [0.2, 0.25) is 0 Å². The van der Waals surface area contributed by atoms with Gasteiger partial charge in [0.05, 0.1) is 14.2 Å². The zero-order valence-electron chi connectivity index (χ0n) is 19.2. The van der Waals surface area contributed by atoms with Gasteiger partial charge in [0.2, 0.25) is 0 Å². The number of nitrogens with zero attached hydrogens (tertiary/aromatic N) is 1. The van der Waals surface area contributed by atoms with Gasteiger partial charge in [0.15, 0.2) is 11.5 Å². The van der Waals surface area contributed by atoms with E-state index in [0.717, 1.165) is 36.8 Å². The third kappa shape index (κ3) is 5.04. The van der Waals surface area contributed by atoms with E-state index in [1.165, 1.54) is 11.1 Å². The zero-order valence-corrected chi connectivity index (χ0v) is 19.2. The van der Waals surface area contributed by atoms with Gasteiger partial charge in [0, 0.05) is 12.6 Å². The Hall–Kier alpha value is -3.31. The predicted octanol–water partition coefficient (Wildman–Crippen LogP) is 5.45. The molecule has 0 saturated heterocycles. The van der Waals surface area contributed by atoms with Crippen LogP contribution < -0.4 is 9.47 Å². The van der Waals surface area contributed by atoms with Crippen LogP contribution in [-0.2, 0) is 17.6 Å². The van der Waals surface area contributed by atoms with Gasteiger partial charge in [-0.3, -0.25) is 9.69 Å². The van der Waals surface area contributed by atoms with Gasteiger partial charge in [-0.15, -0.1) is 0 Å². The van der Waals surface area contributed by atoms with Gasteiger partial charge in [0.25, 0.3) is 0 Å². The number of hydrogen-bond acceptors (Lipinski definition) is 4. The van der Waals surface area contributed by atoms with Crippen molar-refractivity contribution in [1.29, 1.82) is 0 Å². The molecular weight excluding hydrogens is 414 g/mol. The molecule has 1 aliphatic heterocycles. The molecule has 3 aromatic carbocycles. The van der Waals surface area contributed by atoms with E-state index in [9.17, 15) is 9.90 Å². The number of carboxylic acids is 1. The normalized spacial score (nSPS) is 16.6. The molecule has 5 heteroatoms. The Morgan fingerprint density at radius 1 is 1.00 bits per heavy atom. The Bertz CT molecular complexity index is 1070. The van der Waals surface area contributed by atoms with E-state index in [2.05, 4.69) is 29.2 Å². The van der Waals surface area contributed by atoms with E-state index >= 15 is 0 Å². The van der Waals surface area contributed by atoms with Crippen LogP contribution in [0.4, 0.5) is 0 Å². The third-order valence-corrected chi connectivity index (χ3v) is 6.51. The molecule has 0 fully saturated rings. The number of aryl methyl sites for hydroxylation is 1. The maximum atomic E-state index is 12.5. The summed E-state index contributed by atoms with van der Waals surface area (Å²) in [4.78, 5) is 14.6. The van der Waals surface area contributed by atoms with Gasteiger partial charge in [-0.1, -0.05) is 60.7 Å². The Morgan fingerprint density at radius 2 is 1.64 bits per heavy atom. The second kappa shape index (κ2) is 10.5. The number of ether oxygens (including phenoxy) is 2. The Balaban J connectivity index is 1.70. The highest BCUT2D eigenvalue weighted by atomic mass is 16.5. The van der Waals surface area contributed by atoms with Crippen LogP contribution >= 0.6 is 0 Å². The van der Waals surface area contributed by atoms with Crippen LogP contribution in [0, 0.1) is 0 Å². The highest BCUT2D eigenvalue weighted by Gasteiger charge is 2.37. The number of carbonyl (C=O) groups is 1. The van der Waals surface area contributed by atoms with Gasteiger partial charge in [-0.25, -0.2) is 0 Å². The average molecular weight is 446 g/mol. The summed E-state index contributed by atoms with van der Waals surface area (Å²) in [6.45, 7) is 0.671. The van der Waals surface area contributed by atoms with Crippen molar-refractivity contribution in [3.63, 3.8) is 0 Å². The van der Waals surface area contributed by atoms with Gasteiger partial charge in [-0.05, 0) is 60.1 Å². The van der Waals surface area contributed by atoms with E-state index in [1.54, 1.807) is 14.2 Å². The molecule has 0 radical (unpaired) electrons. The van der Waals surface area contributed by atoms with E-state index in [1.807, 2.05) is 48.5 Å². The third-order valence-electron chi connectivity index (χ3n) is 6.51. The first-order valence-corrected chi connectivity index (χ1v) is 11.4. The molecule has 2 unspecified atom stereocenters. The molecule has 2 atom stereocenters. The van der Waals surface area contributed by atoms with Crippen molar-refractivity contribution >= 4 is 5.97 Å². The highest BCUT2D eigenvalue weighted by molar-refractivity contribution is 5.75. The molecule has 5 nitrogen and oxygen atoms in total. The summed E-state index contributed by atoms with van der Waals surface area (Å²) in [6, 6.07) is 23.3. The quantitative estimate of drug-likeness (QED) is 0.474. The van der Waals surface area contributed by atoms with Crippen molar-refractivity contribution < 1.29 is 19.4 Å². The van der Waals surface area contributed by atoms with Crippen LogP contribution in [-0.4, -0.2) is 36.7 Å². The Kier molecular flexibility index (Phi) is 7.30. The molecule has 0 amide bonds. The van der Waals surface area contributed by atoms with Crippen molar-refractivity contribution in [3.8, 4) is 11.5 Å². The van der Waals surface area contributed by atoms with E-state index in [0.29, 0.717) is 18.0 Å². The zero-order chi connectivity index (χ0) is 23.2. The summed E-state index contributed by atoms with van der Waals surface area (Å²) < 4.78 is 11.1. The molecule has 33 heavy (non-hydrogen) atoms. The lowest BCUT2D eigenvalue weighted by Crippen LogP contribution is -2.41. The summed E-state index contributed by atoms with van der Waals surface area (Å²) in [5.41, 5.74) is 4.44. The summed E-state index contributed by atoms with van der Waals surface area (Å²) in [6.07, 6.45) is 3.53. The van der Waals surface area contributed by atoms with Crippen LogP contribution in [0.3, 0.4) is 0 Å². The standard InChI is InChI=1S/C28H31NO4/c1-32-25-18-22-16-17-29(27(28(30)31)21-13-7-4-8-14-21)24(23(22)19-26(25)33-2)15-9-12-20-10-5-3-6-11-20/h3-8,10-11,13-14,18-19,24,27H,9,12,15-17H2,1-2H3,(H,30,31). The average Bonchev–Trinajstić information content (AvgIpc) is 2.85. The smallest absolute Gasteiger partial charge is 0.325 e. The first-order chi connectivity index (χ1) is 16.1. The Labute approximate surface area is 195 Å². The van der Waals surface area contributed by atoms with Gasteiger partial charge in [0.1, 0.15) is 6.04 Å². The lowest BCUT2D eigenvalue weighted by atomic mass is 9.86. The molecule has 1 aliphatic rings. The molecule has 0 aromatic heterocycles. The highest BCUT2D eigenvalue weighted by Crippen LogP contribution is 2.43. The second-order valence-corrected chi connectivity index (χ2v) is 8.44. The van der Waals surface area contributed by atoms with Crippen LogP contribution in [0.1, 0.15) is 47.2 Å². The predicted molar refractivity (Wildman–Crippen MR) is 129 cm³/mol.